The Bertz CT molecular complexity index is 321. The van der Waals surface area contributed by atoms with Gasteiger partial charge in [-0.3, -0.25) is 5.41 Å². The minimum Gasteiger partial charge on any atom is -0.497 e. The second kappa shape index (κ2) is 5.36. The third-order valence-corrected chi connectivity index (χ3v) is 1.98. The van der Waals surface area contributed by atoms with Gasteiger partial charge in [-0.25, -0.2) is 0 Å². The van der Waals surface area contributed by atoms with Gasteiger partial charge in [0.2, 0.25) is 5.90 Å². The van der Waals surface area contributed by atoms with Crippen LogP contribution in [-0.4, -0.2) is 24.7 Å². The average Bonchev–Trinajstić information content (AvgIpc) is 2.28. The standard InChI is InChI=1S/C11H15NO3/c1-3-15-11(12)10(13)8-4-6-9(14-2)7-5-8/h4-7,10,12-13H,3H2,1-2H3/t10-/m0/s1. The molecule has 0 saturated heterocycles. The van der Waals surface area contributed by atoms with E-state index in [1.54, 1.807) is 38.3 Å². The molecule has 0 heterocycles. The van der Waals surface area contributed by atoms with Crippen LogP contribution >= 0.6 is 0 Å². The fourth-order valence-electron chi connectivity index (χ4n) is 1.17. The van der Waals surface area contributed by atoms with Gasteiger partial charge in [-0.1, -0.05) is 12.1 Å². The van der Waals surface area contributed by atoms with Crippen LogP contribution in [-0.2, 0) is 4.74 Å². The van der Waals surface area contributed by atoms with E-state index in [1.165, 1.54) is 0 Å². The molecule has 0 bridgehead atoms. The maximum absolute atomic E-state index is 9.69. The smallest absolute Gasteiger partial charge is 0.214 e. The van der Waals surface area contributed by atoms with Crippen LogP contribution in [0.4, 0.5) is 0 Å². The Morgan fingerprint density at radius 1 is 1.40 bits per heavy atom. The summed E-state index contributed by atoms with van der Waals surface area (Å²) in [6.07, 6.45) is -1.00. The zero-order valence-corrected chi connectivity index (χ0v) is 8.86. The van der Waals surface area contributed by atoms with Crippen LogP contribution in [0.3, 0.4) is 0 Å². The number of aliphatic hydroxyl groups excluding tert-OH is 1. The Kier molecular flexibility index (Phi) is 4.12. The number of aliphatic hydroxyl groups is 1. The van der Waals surface area contributed by atoms with Crippen molar-refractivity contribution in [1.82, 2.24) is 0 Å². The Hall–Kier alpha value is -1.55. The molecular weight excluding hydrogens is 194 g/mol. The third kappa shape index (κ3) is 2.95. The molecular formula is C11H15NO3. The minimum atomic E-state index is -1.00. The van der Waals surface area contributed by atoms with Gasteiger partial charge < -0.3 is 14.6 Å². The minimum absolute atomic E-state index is 0.136. The van der Waals surface area contributed by atoms with Crippen LogP contribution in [0.1, 0.15) is 18.6 Å². The molecule has 1 rings (SSSR count). The molecule has 0 fully saturated rings. The topological polar surface area (TPSA) is 62.5 Å². The molecule has 1 atom stereocenters. The van der Waals surface area contributed by atoms with Crippen LogP contribution in [0.5, 0.6) is 5.75 Å². The molecule has 0 saturated carbocycles. The molecule has 0 spiro atoms. The van der Waals surface area contributed by atoms with E-state index < -0.39 is 6.10 Å². The fourth-order valence-corrected chi connectivity index (χ4v) is 1.17. The predicted molar refractivity (Wildman–Crippen MR) is 57.3 cm³/mol. The highest BCUT2D eigenvalue weighted by atomic mass is 16.5. The van der Waals surface area contributed by atoms with E-state index in [1.807, 2.05) is 0 Å². The maximum atomic E-state index is 9.69. The van der Waals surface area contributed by atoms with E-state index in [4.69, 9.17) is 14.9 Å². The first-order valence-electron chi connectivity index (χ1n) is 4.72. The van der Waals surface area contributed by atoms with Crippen LogP contribution in [0.2, 0.25) is 0 Å². The molecule has 0 aliphatic rings. The van der Waals surface area contributed by atoms with E-state index in [0.717, 1.165) is 0 Å². The van der Waals surface area contributed by atoms with Crippen LogP contribution < -0.4 is 4.74 Å². The van der Waals surface area contributed by atoms with Crippen molar-refractivity contribution in [2.75, 3.05) is 13.7 Å². The molecule has 2 N–H and O–H groups in total. The van der Waals surface area contributed by atoms with Gasteiger partial charge in [-0.05, 0) is 24.6 Å². The first kappa shape index (κ1) is 11.5. The summed E-state index contributed by atoms with van der Waals surface area (Å²) in [7, 11) is 1.58. The van der Waals surface area contributed by atoms with Gasteiger partial charge in [0.1, 0.15) is 5.75 Å². The lowest BCUT2D eigenvalue weighted by Gasteiger charge is -2.12. The number of hydrogen-bond donors (Lipinski definition) is 2. The molecule has 0 aliphatic carbocycles. The van der Waals surface area contributed by atoms with Crippen molar-refractivity contribution in [3.63, 3.8) is 0 Å². The van der Waals surface area contributed by atoms with Crippen molar-refractivity contribution in [2.45, 2.75) is 13.0 Å². The van der Waals surface area contributed by atoms with Gasteiger partial charge in [0.25, 0.3) is 0 Å². The van der Waals surface area contributed by atoms with Crippen LogP contribution in [0, 0.1) is 5.41 Å². The summed E-state index contributed by atoms with van der Waals surface area (Å²) in [5.74, 6) is 0.580. The molecule has 15 heavy (non-hydrogen) atoms. The summed E-state index contributed by atoms with van der Waals surface area (Å²) < 4.78 is 9.91. The van der Waals surface area contributed by atoms with Crippen LogP contribution in [0.25, 0.3) is 0 Å². The number of hydrogen-bond acceptors (Lipinski definition) is 4. The van der Waals surface area contributed by atoms with Crippen molar-refractivity contribution in [2.24, 2.45) is 0 Å². The molecule has 82 valence electrons. The van der Waals surface area contributed by atoms with E-state index in [9.17, 15) is 5.11 Å². The second-order valence-electron chi connectivity index (χ2n) is 2.97. The number of rotatable bonds is 4. The molecule has 4 nitrogen and oxygen atoms in total. The van der Waals surface area contributed by atoms with Crippen molar-refractivity contribution in [3.05, 3.63) is 29.8 Å². The first-order chi connectivity index (χ1) is 7.19. The summed E-state index contributed by atoms with van der Waals surface area (Å²) in [6, 6.07) is 6.88. The van der Waals surface area contributed by atoms with Crippen molar-refractivity contribution >= 4 is 5.90 Å². The Balaban J connectivity index is 2.73. The normalized spacial score (nSPS) is 11.9. The summed E-state index contributed by atoms with van der Waals surface area (Å²) in [6.45, 7) is 2.15. The first-order valence-corrected chi connectivity index (χ1v) is 4.72. The average molecular weight is 209 g/mol. The number of ether oxygens (including phenoxy) is 2. The molecule has 0 amide bonds. The maximum Gasteiger partial charge on any atom is 0.214 e. The Labute approximate surface area is 89.0 Å². The Morgan fingerprint density at radius 2 is 2.00 bits per heavy atom. The summed E-state index contributed by atoms with van der Waals surface area (Å²) in [5.41, 5.74) is 0.620. The summed E-state index contributed by atoms with van der Waals surface area (Å²) in [4.78, 5) is 0. The van der Waals surface area contributed by atoms with E-state index >= 15 is 0 Å². The molecule has 1 aromatic rings. The number of methoxy groups -OCH3 is 1. The van der Waals surface area contributed by atoms with Gasteiger partial charge in [0, 0.05) is 0 Å². The third-order valence-electron chi connectivity index (χ3n) is 1.98. The highest BCUT2D eigenvalue weighted by Gasteiger charge is 2.14. The molecule has 0 radical (unpaired) electrons. The van der Waals surface area contributed by atoms with E-state index in [0.29, 0.717) is 17.9 Å². The zero-order chi connectivity index (χ0) is 11.3. The lowest BCUT2D eigenvalue weighted by Crippen LogP contribution is -2.14. The largest absolute Gasteiger partial charge is 0.497 e. The molecule has 0 aliphatic heterocycles. The molecule has 0 aromatic heterocycles. The predicted octanol–water partition coefficient (Wildman–Crippen LogP) is 1.74. The molecule has 1 aromatic carbocycles. The lowest BCUT2D eigenvalue weighted by molar-refractivity contribution is 0.190. The van der Waals surface area contributed by atoms with Crippen molar-refractivity contribution < 1.29 is 14.6 Å². The lowest BCUT2D eigenvalue weighted by atomic mass is 10.1. The van der Waals surface area contributed by atoms with Gasteiger partial charge in [-0.15, -0.1) is 0 Å². The highest BCUT2D eigenvalue weighted by Crippen LogP contribution is 2.18. The summed E-state index contributed by atoms with van der Waals surface area (Å²) >= 11 is 0. The van der Waals surface area contributed by atoms with E-state index in [-0.39, 0.29) is 5.90 Å². The number of nitrogens with one attached hydrogen (secondary N) is 1. The van der Waals surface area contributed by atoms with Gasteiger partial charge in [0.05, 0.1) is 13.7 Å². The van der Waals surface area contributed by atoms with Crippen LogP contribution in [0.15, 0.2) is 24.3 Å². The quantitative estimate of drug-likeness (QED) is 0.586. The van der Waals surface area contributed by atoms with Gasteiger partial charge >= 0.3 is 0 Å². The van der Waals surface area contributed by atoms with Gasteiger partial charge in [0.15, 0.2) is 6.10 Å². The molecule has 4 heteroatoms. The zero-order valence-electron chi connectivity index (χ0n) is 8.86. The number of benzene rings is 1. The monoisotopic (exact) mass is 209 g/mol. The van der Waals surface area contributed by atoms with Crippen molar-refractivity contribution in [1.29, 1.82) is 5.41 Å². The van der Waals surface area contributed by atoms with Crippen molar-refractivity contribution in [3.8, 4) is 5.75 Å². The highest BCUT2D eigenvalue weighted by molar-refractivity contribution is 5.79. The fraction of sp³-hybridized carbons (Fsp3) is 0.364. The second-order valence-corrected chi connectivity index (χ2v) is 2.97. The van der Waals surface area contributed by atoms with Gasteiger partial charge in [-0.2, -0.15) is 0 Å². The van der Waals surface area contributed by atoms with E-state index in [2.05, 4.69) is 0 Å². The molecule has 0 unspecified atom stereocenters. The summed E-state index contributed by atoms with van der Waals surface area (Å²) in [5, 5.41) is 17.1. The SMILES string of the molecule is CCOC(=N)[C@@H](O)c1ccc(OC)cc1. The Morgan fingerprint density at radius 3 is 2.47 bits per heavy atom.